The Morgan fingerprint density at radius 1 is 0.808 bits per heavy atom. The number of pyridine rings is 1. The van der Waals surface area contributed by atoms with Gasteiger partial charge in [0.15, 0.2) is 5.78 Å². The van der Waals surface area contributed by atoms with Crippen molar-refractivity contribution >= 4 is 11.7 Å². The van der Waals surface area contributed by atoms with Crippen molar-refractivity contribution in [1.82, 2.24) is 4.98 Å². The minimum atomic E-state index is -0.535. The molecule has 1 aromatic heterocycles. The number of hydrogen-bond acceptors (Lipinski definition) is 3. The van der Waals surface area contributed by atoms with Crippen LogP contribution < -0.4 is 5.73 Å². The summed E-state index contributed by atoms with van der Waals surface area (Å²) in [5, 5.41) is 0. The van der Waals surface area contributed by atoms with Crippen LogP contribution >= 0.6 is 0 Å². The van der Waals surface area contributed by atoms with Gasteiger partial charge in [-0.15, -0.1) is 0 Å². The highest BCUT2D eigenvalue weighted by atomic mass is 16.1. The summed E-state index contributed by atoms with van der Waals surface area (Å²) in [5.74, 6) is 5.32. The monoisotopic (exact) mass is 342 g/mol. The maximum absolute atomic E-state index is 11.1. The molecule has 0 saturated heterocycles. The average Bonchev–Trinajstić information content (AvgIpc) is 2.69. The summed E-state index contributed by atoms with van der Waals surface area (Å²) in [7, 11) is 0. The number of rotatable bonds is 2. The number of ketones is 1. The van der Waals surface area contributed by atoms with Crippen molar-refractivity contribution in [2.24, 2.45) is 5.73 Å². The molecule has 2 N–H and O–H groups in total. The van der Waals surface area contributed by atoms with Crippen molar-refractivity contribution in [3.63, 3.8) is 0 Å². The number of amides is 1. The van der Waals surface area contributed by atoms with E-state index >= 15 is 0 Å². The fraction of sp³-hybridized carbons (Fsp3) is 0.0455. The number of benzene rings is 2. The fourth-order valence-corrected chi connectivity index (χ4v) is 1.96. The molecule has 0 fully saturated rings. The van der Waals surface area contributed by atoms with Gasteiger partial charge >= 0.3 is 0 Å². The fourth-order valence-electron chi connectivity index (χ4n) is 1.96. The molecule has 0 radical (unpaired) electrons. The summed E-state index contributed by atoms with van der Waals surface area (Å²) >= 11 is 0. The van der Waals surface area contributed by atoms with Crippen molar-refractivity contribution in [3.8, 4) is 11.8 Å². The molecule has 3 aromatic rings. The first-order valence-electron chi connectivity index (χ1n) is 7.94. The molecule has 0 spiro atoms. The first kappa shape index (κ1) is 18.6. The van der Waals surface area contributed by atoms with Gasteiger partial charge in [-0.25, -0.2) is 0 Å². The van der Waals surface area contributed by atoms with Crippen LogP contribution in [0.15, 0.2) is 79.1 Å². The quantitative estimate of drug-likeness (QED) is 0.572. The summed E-state index contributed by atoms with van der Waals surface area (Å²) < 4.78 is 0. The Morgan fingerprint density at radius 2 is 1.35 bits per heavy atom. The van der Waals surface area contributed by atoms with E-state index < -0.39 is 5.91 Å². The number of Topliss-reactive ketones (excluding diaryl/α,β-unsaturated/α-hetero) is 1. The number of nitrogens with zero attached hydrogens (tertiary/aromatic N) is 1. The Bertz CT molecular complexity index is 910. The number of nitrogens with two attached hydrogens (primary N) is 1. The van der Waals surface area contributed by atoms with Crippen LogP contribution in [0.2, 0.25) is 0 Å². The van der Waals surface area contributed by atoms with Crippen LogP contribution in [0.25, 0.3) is 0 Å². The molecule has 0 unspecified atom stereocenters. The summed E-state index contributed by atoms with van der Waals surface area (Å²) in [5.41, 5.74) is 7.53. The van der Waals surface area contributed by atoms with E-state index in [9.17, 15) is 9.59 Å². The minimum absolute atomic E-state index is 0.0165. The zero-order valence-electron chi connectivity index (χ0n) is 14.3. The van der Waals surface area contributed by atoms with E-state index in [2.05, 4.69) is 16.8 Å². The summed E-state index contributed by atoms with van der Waals surface area (Å²) in [6, 6.07) is 20.6. The topological polar surface area (TPSA) is 73.1 Å². The summed E-state index contributed by atoms with van der Waals surface area (Å²) in [6.45, 7) is 1.52. The van der Waals surface area contributed by atoms with Crippen LogP contribution in [0.4, 0.5) is 0 Å². The number of carbonyl (C=O) groups excluding carboxylic acids is 2. The van der Waals surface area contributed by atoms with Crippen LogP contribution in [-0.4, -0.2) is 16.7 Å². The predicted octanol–water partition coefficient (Wildman–Crippen LogP) is 3.47. The lowest BCUT2D eigenvalue weighted by Gasteiger charge is -1.96. The molecular weight excluding hydrogens is 324 g/mol. The molecule has 0 aliphatic rings. The van der Waals surface area contributed by atoms with E-state index in [1.54, 1.807) is 36.5 Å². The lowest BCUT2D eigenvalue weighted by atomic mass is 10.1. The Hall–Kier alpha value is -3.71. The summed E-state index contributed by atoms with van der Waals surface area (Å²) in [4.78, 5) is 26.1. The molecule has 1 amide bonds. The molecule has 4 nitrogen and oxygen atoms in total. The summed E-state index contributed by atoms with van der Waals surface area (Å²) in [6.07, 6.45) is 2.96. The number of aromatic nitrogens is 1. The number of primary amides is 1. The Balaban J connectivity index is 0.000000342. The van der Waals surface area contributed by atoms with E-state index in [0.29, 0.717) is 16.7 Å². The Morgan fingerprint density at radius 3 is 1.85 bits per heavy atom. The molecule has 0 bridgehead atoms. The molecule has 0 atom stereocenters. The second-order valence-corrected chi connectivity index (χ2v) is 5.36. The maximum atomic E-state index is 11.1. The van der Waals surface area contributed by atoms with Gasteiger partial charge in [-0.3, -0.25) is 14.6 Å². The molecule has 128 valence electrons. The smallest absolute Gasteiger partial charge is 0.250 e. The van der Waals surface area contributed by atoms with Gasteiger partial charge in [-0.05, 0) is 25.1 Å². The van der Waals surface area contributed by atoms with Gasteiger partial charge in [0, 0.05) is 29.1 Å². The Labute approximate surface area is 152 Å². The van der Waals surface area contributed by atoms with Crippen molar-refractivity contribution in [3.05, 3.63) is 101 Å². The standard InChI is InChI=1S/C16H12N2O2.C6H6/c1-11(19)14-6-4-12(5-7-14)2-3-13-8-15(16(17)20)10-18-9-13;1-2-4-6-5-3-1/h4-10H,1H3,(H2,17,20);1-6H. The first-order valence-corrected chi connectivity index (χ1v) is 7.94. The second-order valence-electron chi connectivity index (χ2n) is 5.36. The molecular formula is C22H18N2O2. The third kappa shape index (κ3) is 6.06. The van der Waals surface area contributed by atoms with Gasteiger partial charge in [0.05, 0.1) is 5.56 Å². The van der Waals surface area contributed by atoms with E-state index in [1.807, 2.05) is 36.4 Å². The molecule has 2 aromatic carbocycles. The maximum Gasteiger partial charge on any atom is 0.250 e. The average molecular weight is 342 g/mol. The molecule has 1 heterocycles. The largest absolute Gasteiger partial charge is 0.366 e. The van der Waals surface area contributed by atoms with Gasteiger partial charge in [0.25, 0.3) is 0 Å². The van der Waals surface area contributed by atoms with E-state index in [4.69, 9.17) is 5.73 Å². The molecule has 0 saturated carbocycles. The van der Waals surface area contributed by atoms with Gasteiger partial charge in [-0.2, -0.15) is 0 Å². The van der Waals surface area contributed by atoms with Crippen molar-refractivity contribution in [2.45, 2.75) is 6.92 Å². The third-order valence-electron chi connectivity index (χ3n) is 3.33. The molecule has 26 heavy (non-hydrogen) atoms. The Kier molecular flexibility index (Phi) is 6.84. The van der Waals surface area contributed by atoms with Gasteiger partial charge in [-0.1, -0.05) is 60.4 Å². The zero-order chi connectivity index (χ0) is 18.8. The normalized spacial score (nSPS) is 9.12. The van der Waals surface area contributed by atoms with Crippen LogP contribution in [0.3, 0.4) is 0 Å². The highest BCUT2D eigenvalue weighted by Crippen LogP contribution is 2.05. The lowest BCUT2D eigenvalue weighted by molar-refractivity contribution is 0.0996. The van der Waals surface area contributed by atoms with E-state index in [0.717, 1.165) is 5.56 Å². The van der Waals surface area contributed by atoms with Crippen LogP contribution in [0, 0.1) is 11.8 Å². The van der Waals surface area contributed by atoms with E-state index in [-0.39, 0.29) is 5.78 Å². The predicted molar refractivity (Wildman–Crippen MR) is 102 cm³/mol. The molecule has 4 heteroatoms. The molecule has 3 rings (SSSR count). The van der Waals surface area contributed by atoms with Gasteiger partial charge < -0.3 is 5.73 Å². The third-order valence-corrected chi connectivity index (χ3v) is 3.33. The SMILES string of the molecule is CC(=O)c1ccc(C#Cc2cncc(C(N)=O)c2)cc1.c1ccccc1. The van der Waals surface area contributed by atoms with Gasteiger partial charge in [0.2, 0.25) is 5.91 Å². The highest BCUT2D eigenvalue weighted by molar-refractivity contribution is 5.94. The van der Waals surface area contributed by atoms with E-state index in [1.165, 1.54) is 13.1 Å². The number of hydrogen-bond donors (Lipinski definition) is 1. The zero-order valence-corrected chi connectivity index (χ0v) is 14.3. The number of carbonyl (C=O) groups is 2. The lowest BCUT2D eigenvalue weighted by Crippen LogP contribution is -2.11. The highest BCUT2D eigenvalue weighted by Gasteiger charge is 2.00. The van der Waals surface area contributed by atoms with Crippen LogP contribution in [0.5, 0.6) is 0 Å². The first-order chi connectivity index (χ1) is 12.6. The van der Waals surface area contributed by atoms with Crippen LogP contribution in [0.1, 0.15) is 38.8 Å². The van der Waals surface area contributed by atoms with Gasteiger partial charge in [0.1, 0.15) is 0 Å². The second kappa shape index (κ2) is 9.55. The molecule has 0 aliphatic carbocycles. The molecule has 0 aliphatic heterocycles. The van der Waals surface area contributed by atoms with Crippen LogP contribution in [-0.2, 0) is 0 Å². The van der Waals surface area contributed by atoms with Crippen molar-refractivity contribution in [2.75, 3.05) is 0 Å². The minimum Gasteiger partial charge on any atom is -0.366 e. The van der Waals surface area contributed by atoms with Crippen molar-refractivity contribution < 1.29 is 9.59 Å². The van der Waals surface area contributed by atoms with Crippen molar-refractivity contribution in [1.29, 1.82) is 0 Å².